The van der Waals surface area contributed by atoms with Crippen molar-refractivity contribution in [2.24, 2.45) is 0 Å². The highest BCUT2D eigenvalue weighted by Crippen LogP contribution is 2.42. The van der Waals surface area contributed by atoms with E-state index in [0.29, 0.717) is 0 Å². The summed E-state index contributed by atoms with van der Waals surface area (Å²) >= 11 is 5.14. The Hall–Kier alpha value is 1.00. The standard InChI is InChI=1S/CBr2O6P2/c2-1(3,8-10(4)5)9-11(6)7/p+2. The number of hydrogen-bond acceptors (Lipinski definition) is 4. The molecular weight excluding hydrogens is 330 g/mol. The summed E-state index contributed by atoms with van der Waals surface area (Å²) < 4.78 is 26.3. The first-order chi connectivity index (χ1) is 4.83. The molecule has 0 rings (SSSR count). The van der Waals surface area contributed by atoms with E-state index in [1.54, 1.807) is 0 Å². The lowest BCUT2D eigenvalue weighted by Crippen LogP contribution is -2.12. The van der Waals surface area contributed by atoms with Crippen LogP contribution in [0.4, 0.5) is 0 Å². The van der Waals surface area contributed by atoms with Crippen LogP contribution in [0.15, 0.2) is 0 Å². The molecule has 0 amide bonds. The molecule has 0 radical (unpaired) electrons. The van der Waals surface area contributed by atoms with Crippen molar-refractivity contribution in [1.29, 1.82) is 0 Å². The molecule has 0 saturated carbocycles. The molecule has 64 valence electrons. The van der Waals surface area contributed by atoms with Gasteiger partial charge in [-0.25, -0.2) is 0 Å². The molecule has 0 bridgehead atoms. The van der Waals surface area contributed by atoms with Crippen molar-refractivity contribution >= 4 is 48.4 Å². The zero-order valence-electron chi connectivity index (χ0n) is 4.68. The van der Waals surface area contributed by atoms with Gasteiger partial charge >= 0.3 is 20.1 Å². The van der Waals surface area contributed by atoms with Gasteiger partial charge in [0, 0.05) is 41.0 Å². The third kappa shape index (κ3) is 7.36. The largest absolute Gasteiger partial charge is 0.699 e. The van der Waals surface area contributed by atoms with Crippen LogP contribution in [0.5, 0.6) is 0 Å². The van der Waals surface area contributed by atoms with E-state index in [0.717, 1.165) is 0 Å². The van der Waals surface area contributed by atoms with Crippen molar-refractivity contribution in [3.63, 3.8) is 0 Å². The van der Waals surface area contributed by atoms with Crippen LogP contribution in [0.25, 0.3) is 0 Å². The molecule has 0 aromatic rings. The van der Waals surface area contributed by atoms with E-state index >= 15 is 0 Å². The van der Waals surface area contributed by atoms with Crippen LogP contribution in [0.3, 0.4) is 0 Å². The fourth-order valence-electron chi connectivity index (χ4n) is 0.198. The number of hydrogen-bond donors (Lipinski definition) is 2. The van der Waals surface area contributed by atoms with Crippen LogP contribution in [-0.2, 0) is 18.2 Å². The molecule has 11 heavy (non-hydrogen) atoms. The van der Waals surface area contributed by atoms with Crippen LogP contribution in [0, 0.1) is 0 Å². The second kappa shape index (κ2) is 4.89. The Morgan fingerprint density at radius 3 is 1.55 bits per heavy atom. The summed E-state index contributed by atoms with van der Waals surface area (Å²) in [5.41, 5.74) is 0. The lowest BCUT2D eigenvalue weighted by atomic mass is 11.5. The van der Waals surface area contributed by atoms with Gasteiger partial charge in [0.1, 0.15) is 0 Å². The summed E-state index contributed by atoms with van der Waals surface area (Å²) in [5.74, 6) is 0. The topological polar surface area (TPSA) is 93.1 Å². The smallest absolute Gasteiger partial charge is 0.133 e. The predicted molar refractivity (Wildman–Crippen MR) is 42.4 cm³/mol. The second-order valence-corrected chi connectivity index (χ2v) is 5.59. The number of halogens is 2. The van der Waals surface area contributed by atoms with Crippen molar-refractivity contribution < 1.29 is 28.0 Å². The zero-order valence-corrected chi connectivity index (χ0v) is 9.64. The molecule has 0 aliphatic heterocycles. The first kappa shape index (κ1) is 12.0. The van der Waals surface area contributed by atoms with Gasteiger partial charge in [-0.1, -0.05) is 9.05 Å². The molecule has 0 aliphatic carbocycles. The second-order valence-electron chi connectivity index (χ2n) is 1.12. The van der Waals surface area contributed by atoms with Gasteiger partial charge in [-0.3, -0.25) is 0 Å². The van der Waals surface area contributed by atoms with E-state index in [2.05, 4.69) is 40.9 Å². The molecule has 0 aromatic heterocycles. The molecule has 10 heteroatoms. The fourth-order valence-corrected chi connectivity index (χ4v) is 2.18. The highest BCUT2D eigenvalue weighted by atomic mass is 79.9. The molecule has 0 spiro atoms. The van der Waals surface area contributed by atoms with Gasteiger partial charge < -0.3 is 0 Å². The molecular formula is CH2Br2O6P2+2. The van der Waals surface area contributed by atoms with Gasteiger partial charge in [0.2, 0.25) is 0 Å². The Kier molecular flexibility index (Phi) is 5.33. The third-order valence-electron chi connectivity index (χ3n) is 0.369. The minimum absolute atomic E-state index is 1.90. The maximum atomic E-state index is 10.0. The number of rotatable bonds is 4. The Morgan fingerprint density at radius 1 is 1.09 bits per heavy atom. The van der Waals surface area contributed by atoms with Crippen LogP contribution < -0.4 is 0 Å². The summed E-state index contributed by atoms with van der Waals surface area (Å²) in [4.78, 5) is 16.3. The summed E-state index contributed by atoms with van der Waals surface area (Å²) in [6.07, 6.45) is 0. The summed E-state index contributed by atoms with van der Waals surface area (Å²) in [6.45, 7) is 0. The molecule has 0 fully saturated rings. The van der Waals surface area contributed by atoms with Crippen molar-refractivity contribution in [2.45, 2.75) is 3.61 Å². The summed E-state index contributed by atoms with van der Waals surface area (Å²) in [5, 5.41) is 0. The molecule has 0 saturated heterocycles. The minimum Gasteiger partial charge on any atom is -0.133 e. The Balaban J connectivity index is 3.99. The highest BCUT2D eigenvalue weighted by Gasteiger charge is 2.44. The molecule has 2 atom stereocenters. The van der Waals surface area contributed by atoms with Crippen molar-refractivity contribution in [1.82, 2.24) is 0 Å². The molecule has 0 aliphatic rings. The molecule has 2 N–H and O–H groups in total. The van der Waals surface area contributed by atoms with Crippen LogP contribution in [0.2, 0.25) is 0 Å². The van der Waals surface area contributed by atoms with E-state index in [1.807, 2.05) is 0 Å². The Morgan fingerprint density at radius 2 is 1.36 bits per heavy atom. The lowest BCUT2D eigenvalue weighted by Gasteiger charge is -2.00. The van der Waals surface area contributed by atoms with Gasteiger partial charge in [0.15, 0.2) is 0 Å². The predicted octanol–water partition coefficient (Wildman–Crippen LogP) is 1.72. The third-order valence-corrected chi connectivity index (χ3v) is 2.84. The molecule has 2 unspecified atom stereocenters. The van der Waals surface area contributed by atoms with Gasteiger partial charge in [0.05, 0.1) is 0 Å². The van der Waals surface area contributed by atoms with Gasteiger partial charge in [-0.05, 0) is 0 Å². The van der Waals surface area contributed by atoms with E-state index in [1.165, 1.54) is 0 Å². The summed E-state index contributed by atoms with van der Waals surface area (Å²) in [7, 11) is -5.85. The average molecular weight is 332 g/mol. The Labute approximate surface area is 80.0 Å². The van der Waals surface area contributed by atoms with Gasteiger partial charge in [-0.15, -0.1) is 9.79 Å². The van der Waals surface area contributed by atoms with Gasteiger partial charge in [0.25, 0.3) is 0 Å². The summed E-state index contributed by atoms with van der Waals surface area (Å²) in [6, 6.07) is 0. The zero-order chi connectivity index (χ0) is 9.07. The average Bonchev–Trinajstić information content (AvgIpc) is 1.53. The maximum Gasteiger partial charge on any atom is 0.699 e. The molecule has 0 aromatic carbocycles. The maximum absolute atomic E-state index is 10.0. The normalized spacial score (nSPS) is 14.5. The van der Waals surface area contributed by atoms with Crippen molar-refractivity contribution in [3.05, 3.63) is 0 Å². The molecule has 6 nitrogen and oxygen atoms in total. The number of alkyl halides is 2. The Bertz CT molecular complexity index is 161. The fraction of sp³-hybridized carbons (Fsp3) is 1.00. The minimum atomic E-state index is -2.93. The van der Waals surface area contributed by atoms with E-state index < -0.39 is 20.1 Å². The monoisotopic (exact) mass is 330 g/mol. The highest BCUT2D eigenvalue weighted by molar-refractivity contribution is 9.25. The lowest BCUT2D eigenvalue weighted by molar-refractivity contribution is 0.0597. The van der Waals surface area contributed by atoms with Crippen LogP contribution in [0.1, 0.15) is 0 Å². The quantitative estimate of drug-likeness (QED) is 0.463. The van der Waals surface area contributed by atoms with Crippen LogP contribution in [-0.4, -0.2) is 13.4 Å². The van der Waals surface area contributed by atoms with E-state index in [-0.39, 0.29) is 0 Å². The van der Waals surface area contributed by atoms with Crippen molar-refractivity contribution in [3.8, 4) is 0 Å². The SMILES string of the molecule is O=[P+](O)OC(Br)(Br)O[P+](=O)O. The van der Waals surface area contributed by atoms with Gasteiger partial charge in [-0.2, -0.15) is 0 Å². The first-order valence-corrected chi connectivity index (χ1v) is 5.76. The van der Waals surface area contributed by atoms with Crippen LogP contribution >= 0.6 is 48.4 Å². The molecule has 0 heterocycles. The first-order valence-electron chi connectivity index (χ1n) is 1.92. The van der Waals surface area contributed by atoms with Crippen molar-refractivity contribution in [2.75, 3.05) is 0 Å². The van der Waals surface area contributed by atoms with E-state index in [4.69, 9.17) is 9.79 Å². The van der Waals surface area contributed by atoms with E-state index in [9.17, 15) is 9.13 Å².